The average Bonchev–Trinajstić information content (AvgIpc) is 3.87. The summed E-state index contributed by atoms with van der Waals surface area (Å²) in [6, 6.07) is 27.7. The lowest BCUT2D eigenvalue weighted by Crippen LogP contribution is -2.32. The Morgan fingerprint density at radius 3 is 2.26 bits per heavy atom. The molecule has 1 heterocycles. The van der Waals surface area contributed by atoms with Crippen LogP contribution in [0.25, 0.3) is 17.2 Å². The molecule has 13 nitrogen and oxygen atoms in total. The van der Waals surface area contributed by atoms with Gasteiger partial charge < -0.3 is 41.1 Å². The van der Waals surface area contributed by atoms with E-state index in [0.29, 0.717) is 61.1 Å². The number of aliphatic hydroxyl groups is 1. The second-order valence-corrected chi connectivity index (χ2v) is 15.7. The summed E-state index contributed by atoms with van der Waals surface area (Å²) >= 11 is 0. The van der Waals surface area contributed by atoms with Crippen LogP contribution in [-0.2, 0) is 20.9 Å². The van der Waals surface area contributed by atoms with Crippen molar-refractivity contribution in [2.24, 2.45) is 11.8 Å². The van der Waals surface area contributed by atoms with E-state index in [0.717, 1.165) is 60.3 Å². The molecule has 6 rings (SSSR count). The van der Waals surface area contributed by atoms with Crippen LogP contribution in [0.1, 0.15) is 75.2 Å². The zero-order valence-corrected chi connectivity index (χ0v) is 35.2. The Balaban J connectivity index is 0.000000415. The number of carboxylic acid groups (broad SMARTS) is 1. The summed E-state index contributed by atoms with van der Waals surface area (Å²) in [5.74, 6) is 1.86. The summed E-state index contributed by atoms with van der Waals surface area (Å²) in [4.78, 5) is 50.8. The van der Waals surface area contributed by atoms with Gasteiger partial charge in [-0.1, -0.05) is 80.6 Å². The zero-order valence-electron chi connectivity index (χ0n) is 35.2. The number of likely N-dealkylation sites (tertiary alicyclic amines) is 1. The van der Waals surface area contributed by atoms with Gasteiger partial charge >= 0.3 is 6.09 Å². The van der Waals surface area contributed by atoms with Crippen molar-refractivity contribution < 1.29 is 34.5 Å². The molecule has 332 valence electrons. The summed E-state index contributed by atoms with van der Waals surface area (Å²) < 4.78 is 0. The van der Waals surface area contributed by atoms with Crippen molar-refractivity contribution in [3.63, 3.8) is 0 Å². The summed E-state index contributed by atoms with van der Waals surface area (Å²) in [6.07, 6.45) is 8.15. The number of aldehydes is 1. The first-order valence-electron chi connectivity index (χ1n) is 21.1. The molecule has 1 saturated carbocycles. The second kappa shape index (κ2) is 25.0. The molecular formula is C49H64N6O7. The Morgan fingerprint density at radius 1 is 0.887 bits per heavy atom. The number of unbranched alkanes of at least 4 members (excludes halogenated alkanes) is 1. The van der Waals surface area contributed by atoms with Crippen molar-refractivity contribution in [1.82, 2.24) is 15.1 Å². The standard InChI is InChI=1S/C35H49N5O5.C13H11NO2.CH4/c1-36-35-30(9-6-20-41)29(15-16-31(35)42)32(43)22-37-21-25-11-13-28(14-12-25)38-33(44)10-3-4-18-39(2)34(45)17-19-40-23-26-7-5-8-27(26)24-40;15-13(16)14-12-9-5-4-8-11(12)10-6-2-1-3-7-10;/h6,9,11-16,20,26-27,32,36-37,42-43H,3-5,7-8,10,17-19,21-24H2,1-2H3,(H,38,44);1-9,14H,(H,15,16);1H4/b9-6-;;. The molecule has 1 aliphatic heterocycles. The van der Waals surface area contributed by atoms with Crippen LogP contribution in [0.15, 0.2) is 97.1 Å². The van der Waals surface area contributed by atoms with Crippen LogP contribution in [0.2, 0.25) is 0 Å². The fourth-order valence-corrected chi connectivity index (χ4v) is 8.18. The molecule has 7 N–H and O–H groups in total. The number of rotatable bonds is 19. The molecule has 13 heteroatoms. The minimum absolute atomic E-state index is 0. The van der Waals surface area contributed by atoms with Crippen molar-refractivity contribution in [2.75, 3.05) is 62.8 Å². The number of carbonyl (C=O) groups is 4. The Bertz CT molecular complexity index is 2070. The highest BCUT2D eigenvalue weighted by Gasteiger charge is 2.35. The third-order valence-electron chi connectivity index (χ3n) is 11.4. The summed E-state index contributed by atoms with van der Waals surface area (Å²) in [6.45, 7) is 4.60. The molecule has 1 saturated heterocycles. The molecule has 0 aromatic heterocycles. The molecule has 4 aromatic rings. The van der Waals surface area contributed by atoms with Crippen molar-refractivity contribution in [3.8, 4) is 16.9 Å². The molecule has 0 spiro atoms. The lowest BCUT2D eigenvalue weighted by molar-refractivity contribution is -0.130. The summed E-state index contributed by atoms with van der Waals surface area (Å²) in [5, 5.41) is 41.1. The van der Waals surface area contributed by atoms with E-state index in [-0.39, 0.29) is 31.5 Å². The highest BCUT2D eigenvalue weighted by Crippen LogP contribution is 2.38. The molecule has 4 aromatic carbocycles. The lowest BCUT2D eigenvalue weighted by atomic mass is 9.99. The van der Waals surface area contributed by atoms with Gasteiger partial charge in [0.25, 0.3) is 0 Å². The molecule has 0 bridgehead atoms. The predicted molar refractivity (Wildman–Crippen MR) is 248 cm³/mol. The van der Waals surface area contributed by atoms with Gasteiger partial charge in [0, 0.05) is 83.0 Å². The lowest BCUT2D eigenvalue weighted by Gasteiger charge is -2.20. The number of benzene rings is 4. The number of phenolic OH excluding ortho intramolecular Hbond substituents is 1. The summed E-state index contributed by atoms with van der Waals surface area (Å²) in [7, 11) is 3.52. The van der Waals surface area contributed by atoms with Crippen molar-refractivity contribution in [1.29, 1.82) is 0 Å². The maximum atomic E-state index is 12.6. The van der Waals surface area contributed by atoms with Crippen LogP contribution >= 0.6 is 0 Å². The van der Waals surface area contributed by atoms with Crippen LogP contribution in [0.5, 0.6) is 5.75 Å². The van der Waals surface area contributed by atoms with E-state index in [9.17, 15) is 29.4 Å². The first-order valence-corrected chi connectivity index (χ1v) is 21.1. The van der Waals surface area contributed by atoms with E-state index in [1.807, 2.05) is 73.8 Å². The van der Waals surface area contributed by atoms with Gasteiger partial charge in [0.05, 0.1) is 17.5 Å². The van der Waals surface area contributed by atoms with Crippen LogP contribution in [0, 0.1) is 11.8 Å². The molecule has 2 aliphatic rings. The number of fused-ring (bicyclic) bond motifs is 1. The van der Waals surface area contributed by atoms with Crippen molar-refractivity contribution in [3.05, 3.63) is 114 Å². The van der Waals surface area contributed by atoms with E-state index in [4.69, 9.17) is 5.11 Å². The Kier molecular flexibility index (Phi) is 19.6. The highest BCUT2D eigenvalue weighted by molar-refractivity contribution is 5.91. The fraction of sp³-hybridized carbons (Fsp3) is 0.388. The first kappa shape index (κ1) is 48.6. The van der Waals surface area contributed by atoms with Crippen LogP contribution < -0.4 is 21.3 Å². The Labute approximate surface area is 366 Å². The fourth-order valence-electron chi connectivity index (χ4n) is 8.18. The van der Waals surface area contributed by atoms with Gasteiger partial charge in [0.1, 0.15) is 12.0 Å². The number of aromatic hydroxyl groups is 1. The maximum absolute atomic E-state index is 12.6. The van der Waals surface area contributed by atoms with E-state index in [1.165, 1.54) is 31.4 Å². The maximum Gasteiger partial charge on any atom is 0.409 e. The van der Waals surface area contributed by atoms with Crippen molar-refractivity contribution >= 4 is 47.3 Å². The van der Waals surface area contributed by atoms with Crippen molar-refractivity contribution in [2.45, 2.75) is 65.0 Å². The van der Waals surface area contributed by atoms with Crippen LogP contribution in [0.4, 0.5) is 21.9 Å². The van der Waals surface area contributed by atoms with Gasteiger partial charge in [-0.25, -0.2) is 4.79 Å². The minimum Gasteiger partial charge on any atom is -0.506 e. The number of allylic oxidation sites excluding steroid dienone is 1. The van der Waals surface area contributed by atoms with E-state index >= 15 is 0 Å². The molecule has 3 amide bonds. The van der Waals surface area contributed by atoms with Gasteiger partial charge in [-0.3, -0.25) is 19.7 Å². The molecule has 1 aliphatic carbocycles. The number of nitrogens with zero attached hydrogens (tertiary/aromatic N) is 2. The van der Waals surface area contributed by atoms with Crippen LogP contribution in [0.3, 0.4) is 0 Å². The average molecular weight is 849 g/mol. The topological polar surface area (TPSA) is 184 Å². The number of amides is 3. The smallest absolute Gasteiger partial charge is 0.409 e. The normalized spacial score (nSPS) is 16.0. The number of hydrogen-bond donors (Lipinski definition) is 7. The van der Waals surface area contributed by atoms with Gasteiger partial charge in [-0.2, -0.15) is 0 Å². The van der Waals surface area contributed by atoms with E-state index < -0.39 is 12.2 Å². The number of phenols is 1. The van der Waals surface area contributed by atoms with Crippen LogP contribution in [-0.4, -0.2) is 96.1 Å². The molecule has 3 unspecified atom stereocenters. The Hall–Kier alpha value is -6.02. The molecule has 2 fully saturated rings. The molecule has 62 heavy (non-hydrogen) atoms. The third-order valence-corrected chi connectivity index (χ3v) is 11.4. The van der Waals surface area contributed by atoms with E-state index in [2.05, 4.69) is 26.2 Å². The number of hydrogen-bond acceptors (Lipinski definition) is 9. The summed E-state index contributed by atoms with van der Waals surface area (Å²) in [5.41, 5.74) is 5.75. The molecule has 0 radical (unpaired) electrons. The van der Waals surface area contributed by atoms with E-state index in [1.54, 1.807) is 36.2 Å². The number of aliphatic hydroxyl groups excluding tert-OH is 1. The second-order valence-electron chi connectivity index (χ2n) is 15.7. The predicted octanol–water partition coefficient (Wildman–Crippen LogP) is 8.24. The zero-order chi connectivity index (χ0) is 43.6. The monoisotopic (exact) mass is 848 g/mol. The Morgan fingerprint density at radius 2 is 1.58 bits per heavy atom. The third kappa shape index (κ3) is 14.6. The highest BCUT2D eigenvalue weighted by atomic mass is 16.4. The largest absolute Gasteiger partial charge is 0.506 e. The number of nitrogens with one attached hydrogen (secondary N) is 4. The molecule has 3 atom stereocenters. The minimum atomic E-state index is -1.05. The number of anilines is 3. The number of para-hydroxylation sites is 1. The first-order chi connectivity index (χ1) is 29.6. The van der Waals surface area contributed by atoms with Gasteiger partial charge in [0.15, 0.2) is 0 Å². The quantitative estimate of drug-likeness (QED) is 0.0210. The molecular weight excluding hydrogens is 785 g/mol. The SMILES string of the molecule is C.CNc1c(O)ccc(C(O)CNCc2ccc(NC(=O)CCCCN(C)C(=O)CCN3CC4CCCC4C3)cc2)c1/C=C\C=O.O=C(O)Nc1ccccc1-c1ccccc1. The van der Waals surface area contributed by atoms with Gasteiger partial charge in [0.2, 0.25) is 11.8 Å². The van der Waals surface area contributed by atoms with Gasteiger partial charge in [-0.15, -0.1) is 0 Å². The number of carbonyl (C=O) groups excluding carboxylic acids is 3. The van der Waals surface area contributed by atoms with Gasteiger partial charge in [-0.05, 0) is 90.6 Å².